The number of hydrogen-bond acceptors (Lipinski definition) is 4. The van der Waals surface area contributed by atoms with Crippen LogP contribution in [0.25, 0.3) is 0 Å². The molecule has 0 fully saturated rings. The highest BCUT2D eigenvalue weighted by Gasteiger charge is 2.42. The SMILES string of the molecule is CN1C(=O)NC(c2ccc(O)cc2)C2=C1CN(CCO)C2=O. The van der Waals surface area contributed by atoms with Crippen molar-refractivity contribution in [3.8, 4) is 5.75 Å². The molecule has 1 unspecified atom stereocenters. The Balaban J connectivity index is 2.02. The first-order valence-corrected chi connectivity index (χ1v) is 6.99. The van der Waals surface area contributed by atoms with Crippen LogP contribution in [0.1, 0.15) is 11.6 Å². The molecule has 1 aromatic carbocycles. The maximum absolute atomic E-state index is 12.6. The number of rotatable bonds is 3. The molecule has 22 heavy (non-hydrogen) atoms. The summed E-state index contributed by atoms with van der Waals surface area (Å²) in [5.41, 5.74) is 1.90. The number of benzene rings is 1. The van der Waals surface area contributed by atoms with E-state index in [0.717, 1.165) is 5.56 Å². The van der Waals surface area contributed by atoms with E-state index in [0.29, 0.717) is 17.8 Å². The zero-order valence-corrected chi connectivity index (χ0v) is 12.1. The molecule has 0 saturated carbocycles. The monoisotopic (exact) mass is 303 g/mol. The zero-order chi connectivity index (χ0) is 15.9. The Morgan fingerprint density at radius 1 is 1.27 bits per heavy atom. The lowest BCUT2D eigenvalue weighted by Gasteiger charge is -2.31. The average molecular weight is 303 g/mol. The first-order chi connectivity index (χ1) is 10.5. The van der Waals surface area contributed by atoms with Crippen LogP contribution >= 0.6 is 0 Å². The van der Waals surface area contributed by atoms with Gasteiger partial charge in [0.25, 0.3) is 5.91 Å². The number of hydrogen-bond donors (Lipinski definition) is 3. The van der Waals surface area contributed by atoms with E-state index >= 15 is 0 Å². The molecule has 0 aliphatic carbocycles. The number of likely N-dealkylation sites (N-methyl/N-ethyl adjacent to an activating group) is 1. The van der Waals surface area contributed by atoms with Gasteiger partial charge in [0.15, 0.2) is 0 Å². The standard InChI is InChI=1S/C15H17N3O4/c1-17-11-8-18(6-7-19)14(21)12(11)13(16-15(17)22)9-2-4-10(20)5-3-9/h2-5,13,19-20H,6-8H2,1H3,(H,16,22). The number of nitrogens with zero attached hydrogens (tertiary/aromatic N) is 2. The quantitative estimate of drug-likeness (QED) is 0.742. The molecule has 1 aromatic rings. The first-order valence-electron chi connectivity index (χ1n) is 6.99. The minimum absolute atomic E-state index is 0.122. The van der Waals surface area contributed by atoms with E-state index in [1.54, 1.807) is 19.2 Å². The Hall–Kier alpha value is -2.54. The van der Waals surface area contributed by atoms with Crippen LogP contribution in [0.5, 0.6) is 5.75 Å². The summed E-state index contributed by atoms with van der Waals surface area (Å²) < 4.78 is 0. The maximum Gasteiger partial charge on any atom is 0.322 e. The van der Waals surface area contributed by atoms with E-state index in [4.69, 9.17) is 5.11 Å². The molecule has 0 saturated heterocycles. The van der Waals surface area contributed by atoms with E-state index in [2.05, 4.69) is 5.32 Å². The van der Waals surface area contributed by atoms with Gasteiger partial charge in [-0.2, -0.15) is 0 Å². The lowest BCUT2D eigenvalue weighted by atomic mass is 9.96. The lowest BCUT2D eigenvalue weighted by Crippen LogP contribution is -2.45. The van der Waals surface area contributed by atoms with Gasteiger partial charge in [-0.25, -0.2) is 4.79 Å². The van der Waals surface area contributed by atoms with Gasteiger partial charge in [0, 0.05) is 13.6 Å². The van der Waals surface area contributed by atoms with Crippen molar-refractivity contribution in [2.24, 2.45) is 0 Å². The second-order valence-corrected chi connectivity index (χ2v) is 5.34. The van der Waals surface area contributed by atoms with E-state index < -0.39 is 6.04 Å². The van der Waals surface area contributed by atoms with Crippen LogP contribution in [-0.4, -0.2) is 58.7 Å². The predicted octanol–water partition coefficient (Wildman–Crippen LogP) is 0.177. The van der Waals surface area contributed by atoms with Crippen molar-refractivity contribution in [3.05, 3.63) is 41.1 Å². The molecular formula is C15H17N3O4. The third kappa shape index (κ3) is 2.19. The number of β-amino-alcohol motifs (C(OH)–C–C–N with tert-alkyl or cyclic N) is 1. The summed E-state index contributed by atoms with van der Waals surface area (Å²) in [5, 5.41) is 21.3. The van der Waals surface area contributed by atoms with Gasteiger partial charge >= 0.3 is 6.03 Å². The van der Waals surface area contributed by atoms with Crippen molar-refractivity contribution in [1.29, 1.82) is 0 Å². The smallest absolute Gasteiger partial charge is 0.322 e. The van der Waals surface area contributed by atoms with Crippen LogP contribution in [0.3, 0.4) is 0 Å². The molecule has 1 atom stereocenters. The first kappa shape index (κ1) is 14.4. The number of urea groups is 1. The molecule has 2 aliphatic heterocycles. The highest BCUT2D eigenvalue weighted by atomic mass is 16.3. The molecule has 2 aliphatic rings. The fourth-order valence-electron chi connectivity index (χ4n) is 2.84. The number of carbonyl (C=O) groups excluding carboxylic acids is 2. The molecule has 0 spiro atoms. The third-order valence-electron chi connectivity index (χ3n) is 4.03. The third-order valence-corrected chi connectivity index (χ3v) is 4.03. The molecule has 7 nitrogen and oxygen atoms in total. The maximum atomic E-state index is 12.6. The van der Waals surface area contributed by atoms with Crippen molar-refractivity contribution in [1.82, 2.24) is 15.1 Å². The van der Waals surface area contributed by atoms with Crippen LogP contribution in [0.4, 0.5) is 4.79 Å². The van der Waals surface area contributed by atoms with Crippen molar-refractivity contribution >= 4 is 11.9 Å². The second-order valence-electron chi connectivity index (χ2n) is 5.34. The normalized spacial score (nSPS) is 21.3. The van der Waals surface area contributed by atoms with Crippen LogP contribution < -0.4 is 5.32 Å². The number of aromatic hydroxyl groups is 1. The van der Waals surface area contributed by atoms with Crippen LogP contribution in [0.2, 0.25) is 0 Å². The Labute approximate surface area is 127 Å². The van der Waals surface area contributed by atoms with Crippen LogP contribution in [-0.2, 0) is 4.79 Å². The van der Waals surface area contributed by atoms with Gasteiger partial charge in [-0.05, 0) is 17.7 Å². The summed E-state index contributed by atoms with van der Waals surface area (Å²) in [6.07, 6.45) is 0. The molecule has 0 radical (unpaired) electrons. The van der Waals surface area contributed by atoms with Gasteiger partial charge < -0.3 is 20.4 Å². The minimum atomic E-state index is -0.546. The average Bonchev–Trinajstić information content (AvgIpc) is 2.82. The number of nitrogens with one attached hydrogen (secondary N) is 1. The molecule has 3 amide bonds. The Morgan fingerprint density at radius 2 is 1.95 bits per heavy atom. The van der Waals surface area contributed by atoms with E-state index in [1.165, 1.54) is 21.9 Å². The Morgan fingerprint density at radius 3 is 2.59 bits per heavy atom. The number of phenolic OH excluding ortho intramolecular Hbond substituents is 1. The number of amides is 3. The molecule has 3 rings (SSSR count). The molecule has 0 aromatic heterocycles. The highest BCUT2D eigenvalue weighted by Crippen LogP contribution is 2.35. The fraction of sp³-hybridized carbons (Fsp3) is 0.333. The predicted molar refractivity (Wildman–Crippen MR) is 77.8 cm³/mol. The zero-order valence-electron chi connectivity index (χ0n) is 12.1. The molecular weight excluding hydrogens is 286 g/mol. The number of aliphatic hydroxyl groups is 1. The summed E-state index contributed by atoms with van der Waals surface area (Å²) >= 11 is 0. The van der Waals surface area contributed by atoms with Crippen LogP contribution in [0.15, 0.2) is 35.5 Å². The molecule has 116 valence electrons. The van der Waals surface area contributed by atoms with Gasteiger partial charge in [-0.3, -0.25) is 9.69 Å². The van der Waals surface area contributed by atoms with Crippen molar-refractivity contribution in [2.75, 3.05) is 26.7 Å². The molecule has 2 heterocycles. The summed E-state index contributed by atoms with van der Waals surface area (Å²) in [5.74, 6) is -0.0640. The van der Waals surface area contributed by atoms with E-state index in [1.807, 2.05) is 0 Å². The van der Waals surface area contributed by atoms with Crippen molar-refractivity contribution < 1.29 is 19.8 Å². The number of phenols is 1. The Kier molecular flexibility index (Phi) is 3.50. The molecule has 3 N–H and O–H groups in total. The number of aliphatic hydroxyl groups excluding tert-OH is 1. The van der Waals surface area contributed by atoms with Gasteiger partial charge in [0.05, 0.1) is 30.5 Å². The molecule has 7 heteroatoms. The summed E-state index contributed by atoms with van der Waals surface area (Å²) in [6, 6.07) is 5.57. The summed E-state index contributed by atoms with van der Waals surface area (Å²) in [7, 11) is 1.62. The number of carbonyl (C=O) groups is 2. The summed E-state index contributed by atoms with van der Waals surface area (Å²) in [4.78, 5) is 27.6. The van der Waals surface area contributed by atoms with E-state index in [-0.39, 0.29) is 30.8 Å². The van der Waals surface area contributed by atoms with Crippen LogP contribution in [0, 0.1) is 0 Å². The summed E-state index contributed by atoms with van der Waals surface area (Å²) in [6.45, 7) is 0.421. The van der Waals surface area contributed by atoms with Gasteiger partial charge in [-0.1, -0.05) is 12.1 Å². The molecule has 0 bridgehead atoms. The highest BCUT2D eigenvalue weighted by molar-refractivity contribution is 6.01. The van der Waals surface area contributed by atoms with Gasteiger partial charge in [0.1, 0.15) is 5.75 Å². The largest absolute Gasteiger partial charge is 0.508 e. The van der Waals surface area contributed by atoms with E-state index in [9.17, 15) is 14.7 Å². The van der Waals surface area contributed by atoms with Crippen molar-refractivity contribution in [3.63, 3.8) is 0 Å². The second kappa shape index (κ2) is 5.34. The lowest BCUT2D eigenvalue weighted by molar-refractivity contribution is -0.126. The van der Waals surface area contributed by atoms with Gasteiger partial charge in [0.2, 0.25) is 0 Å². The van der Waals surface area contributed by atoms with Gasteiger partial charge in [-0.15, -0.1) is 0 Å². The van der Waals surface area contributed by atoms with Crippen molar-refractivity contribution in [2.45, 2.75) is 6.04 Å². The Bertz CT molecular complexity index is 653. The topological polar surface area (TPSA) is 93.1 Å². The minimum Gasteiger partial charge on any atom is -0.508 e. The fourth-order valence-corrected chi connectivity index (χ4v) is 2.84.